The number of benzene rings is 1. The molecule has 0 radical (unpaired) electrons. The highest BCUT2D eigenvalue weighted by Gasteiger charge is 2.20. The van der Waals surface area contributed by atoms with E-state index in [1.807, 2.05) is 35.2 Å². The average Bonchev–Trinajstić information content (AvgIpc) is 2.31. The zero-order chi connectivity index (χ0) is 11.4. The summed E-state index contributed by atoms with van der Waals surface area (Å²) in [7, 11) is 0. The molecule has 2 rings (SSSR count). The number of hydrogen-bond donors (Lipinski definition) is 0. The topological polar surface area (TPSA) is 20.3 Å². The summed E-state index contributed by atoms with van der Waals surface area (Å²) in [4.78, 5) is 15.0. The first-order valence-corrected chi connectivity index (χ1v) is 6.59. The summed E-state index contributed by atoms with van der Waals surface area (Å²) >= 11 is 1.34. The highest BCUT2D eigenvalue weighted by molar-refractivity contribution is 8.13. The van der Waals surface area contributed by atoms with Gasteiger partial charge in [-0.3, -0.25) is 4.79 Å². The van der Waals surface area contributed by atoms with Crippen LogP contribution in [-0.2, 0) is 0 Å². The summed E-state index contributed by atoms with van der Waals surface area (Å²) in [5.41, 5.74) is 0. The van der Waals surface area contributed by atoms with Gasteiger partial charge < -0.3 is 4.90 Å². The standard InChI is InChI=1S/C13H17NOS/c1-11-7-9-14(10-8-11)13(15)16-12-5-3-2-4-6-12/h2-6,11H,7-10H2,1H3. The molecule has 1 aromatic rings. The van der Waals surface area contributed by atoms with Gasteiger partial charge in [-0.2, -0.15) is 0 Å². The first kappa shape index (κ1) is 11.5. The van der Waals surface area contributed by atoms with Crippen molar-refractivity contribution in [3.8, 4) is 0 Å². The first-order chi connectivity index (χ1) is 7.75. The Morgan fingerprint density at radius 3 is 2.50 bits per heavy atom. The van der Waals surface area contributed by atoms with Crippen LogP contribution >= 0.6 is 11.8 Å². The van der Waals surface area contributed by atoms with Crippen molar-refractivity contribution in [3.63, 3.8) is 0 Å². The quantitative estimate of drug-likeness (QED) is 0.693. The van der Waals surface area contributed by atoms with Crippen molar-refractivity contribution in [2.24, 2.45) is 5.92 Å². The Labute approximate surface area is 101 Å². The molecule has 1 amide bonds. The minimum Gasteiger partial charge on any atom is -0.333 e. The van der Waals surface area contributed by atoms with Gasteiger partial charge in [-0.05, 0) is 42.7 Å². The number of thioether (sulfide) groups is 1. The smallest absolute Gasteiger partial charge is 0.286 e. The van der Waals surface area contributed by atoms with Crippen molar-refractivity contribution in [2.75, 3.05) is 13.1 Å². The van der Waals surface area contributed by atoms with Crippen LogP contribution in [0.2, 0.25) is 0 Å². The number of piperidine rings is 1. The SMILES string of the molecule is CC1CCN(C(=O)Sc2ccccc2)CC1. The maximum atomic E-state index is 12.0. The predicted octanol–water partition coefficient (Wildman–Crippen LogP) is 3.63. The second-order valence-corrected chi connectivity index (χ2v) is 5.38. The molecular weight excluding hydrogens is 218 g/mol. The van der Waals surface area contributed by atoms with Crippen LogP contribution in [0.4, 0.5) is 4.79 Å². The van der Waals surface area contributed by atoms with E-state index in [1.165, 1.54) is 11.8 Å². The maximum absolute atomic E-state index is 12.0. The van der Waals surface area contributed by atoms with E-state index in [9.17, 15) is 4.79 Å². The second kappa shape index (κ2) is 5.39. The minimum atomic E-state index is 0.193. The van der Waals surface area contributed by atoms with Crippen molar-refractivity contribution in [3.05, 3.63) is 30.3 Å². The normalized spacial score (nSPS) is 17.4. The van der Waals surface area contributed by atoms with E-state index in [0.29, 0.717) is 0 Å². The number of nitrogens with zero attached hydrogens (tertiary/aromatic N) is 1. The fourth-order valence-corrected chi connectivity index (χ4v) is 2.65. The Bertz CT molecular complexity index is 344. The minimum absolute atomic E-state index is 0.193. The van der Waals surface area contributed by atoms with Crippen molar-refractivity contribution in [2.45, 2.75) is 24.7 Å². The molecule has 16 heavy (non-hydrogen) atoms. The lowest BCUT2D eigenvalue weighted by molar-refractivity contribution is 0.197. The van der Waals surface area contributed by atoms with E-state index in [1.54, 1.807) is 0 Å². The molecule has 3 heteroatoms. The van der Waals surface area contributed by atoms with Crippen LogP contribution in [0.3, 0.4) is 0 Å². The zero-order valence-corrected chi connectivity index (χ0v) is 10.4. The molecule has 0 atom stereocenters. The number of carbonyl (C=O) groups is 1. The molecule has 0 aromatic heterocycles. The van der Waals surface area contributed by atoms with E-state index < -0.39 is 0 Å². The van der Waals surface area contributed by atoms with Gasteiger partial charge in [-0.15, -0.1) is 0 Å². The Hall–Kier alpha value is -0.960. The molecule has 1 aliphatic heterocycles. The van der Waals surface area contributed by atoms with Crippen molar-refractivity contribution in [1.29, 1.82) is 0 Å². The van der Waals surface area contributed by atoms with Gasteiger partial charge in [0, 0.05) is 18.0 Å². The third kappa shape index (κ3) is 3.01. The molecule has 86 valence electrons. The highest BCUT2D eigenvalue weighted by atomic mass is 32.2. The molecule has 1 heterocycles. The van der Waals surface area contributed by atoms with E-state index in [0.717, 1.165) is 36.7 Å². The van der Waals surface area contributed by atoms with Crippen LogP contribution < -0.4 is 0 Å². The molecule has 0 aliphatic carbocycles. The lowest BCUT2D eigenvalue weighted by Gasteiger charge is -2.29. The van der Waals surface area contributed by atoms with E-state index >= 15 is 0 Å². The lowest BCUT2D eigenvalue weighted by atomic mass is 10.00. The monoisotopic (exact) mass is 235 g/mol. The molecule has 0 unspecified atom stereocenters. The number of rotatable bonds is 1. The van der Waals surface area contributed by atoms with Gasteiger partial charge in [-0.1, -0.05) is 25.1 Å². The Morgan fingerprint density at radius 1 is 1.25 bits per heavy atom. The van der Waals surface area contributed by atoms with Crippen LogP contribution in [0.5, 0.6) is 0 Å². The van der Waals surface area contributed by atoms with Gasteiger partial charge >= 0.3 is 0 Å². The van der Waals surface area contributed by atoms with Crippen LogP contribution in [0.15, 0.2) is 35.2 Å². The number of likely N-dealkylation sites (tertiary alicyclic amines) is 1. The lowest BCUT2D eigenvalue weighted by Crippen LogP contribution is -2.35. The summed E-state index contributed by atoms with van der Waals surface area (Å²) < 4.78 is 0. The molecule has 1 aromatic carbocycles. The van der Waals surface area contributed by atoms with Gasteiger partial charge in [0.05, 0.1) is 0 Å². The fourth-order valence-electron chi connectivity index (χ4n) is 1.85. The fraction of sp³-hybridized carbons (Fsp3) is 0.462. The van der Waals surface area contributed by atoms with Gasteiger partial charge in [0.2, 0.25) is 0 Å². The molecule has 0 N–H and O–H groups in total. The summed E-state index contributed by atoms with van der Waals surface area (Å²) in [5.74, 6) is 0.769. The third-order valence-electron chi connectivity index (χ3n) is 2.99. The number of hydrogen-bond acceptors (Lipinski definition) is 2. The Kier molecular flexibility index (Phi) is 3.88. The van der Waals surface area contributed by atoms with Crippen LogP contribution in [0.1, 0.15) is 19.8 Å². The van der Waals surface area contributed by atoms with Crippen LogP contribution in [0.25, 0.3) is 0 Å². The van der Waals surface area contributed by atoms with Crippen molar-refractivity contribution >= 4 is 17.0 Å². The number of carbonyl (C=O) groups excluding carboxylic acids is 1. The van der Waals surface area contributed by atoms with E-state index in [-0.39, 0.29) is 5.24 Å². The molecule has 1 saturated heterocycles. The average molecular weight is 235 g/mol. The molecule has 0 saturated carbocycles. The zero-order valence-electron chi connectivity index (χ0n) is 9.56. The molecular formula is C13H17NOS. The van der Waals surface area contributed by atoms with Crippen LogP contribution in [-0.4, -0.2) is 23.2 Å². The van der Waals surface area contributed by atoms with Crippen molar-refractivity contribution in [1.82, 2.24) is 4.90 Å². The largest absolute Gasteiger partial charge is 0.333 e. The van der Waals surface area contributed by atoms with E-state index in [4.69, 9.17) is 0 Å². The highest BCUT2D eigenvalue weighted by Crippen LogP contribution is 2.24. The summed E-state index contributed by atoms with van der Waals surface area (Å²) in [6, 6.07) is 9.86. The number of amides is 1. The third-order valence-corrected chi connectivity index (χ3v) is 3.93. The molecule has 2 nitrogen and oxygen atoms in total. The second-order valence-electron chi connectivity index (χ2n) is 4.35. The van der Waals surface area contributed by atoms with Gasteiger partial charge in [-0.25, -0.2) is 0 Å². The van der Waals surface area contributed by atoms with Crippen LogP contribution in [0, 0.1) is 5.92 Å². The predicted molar refractivity (Wildman–Crippen MR) is 67.7 cm³/mol. The molecule has 0 spiro atoms. The summed E-state index contributed by atoms with van der Waals surface area (Å²) in [5, 5.41) is 0.193. The van der Waals surface area contributed by atoms with Gasteiger partial charge in [0.1, 0.15) is 0 Å². The Morgan fingerprint density at radius 2 is 1.88 bits per heavy atom. The molecule has 1 aliphatic rings. The van der Waals surface area contributed by atoms with E-state index in [2.05, 4.69) is 6.92 Å². The van der Waals surface area contributed by atoms with Gasteiger partial charge in [0.15, 0.2) is 0 Å². The summed E-state index contributed by atoms with van der Waals surface area (Å²) in [6.45, 7) is 4.09. The van der Waals surface area contributed by atoms with Gasteiger partial charge in [0.25, 0.3) is 5.24 Å². The van der Waals surface area contributed by atoms with Crippen molar-refractivity contribution < 1.29 is 4.79 Å². The maximum Gasteiger partial charge on any atom is 0.286 e. The molecule has 1 fully saturated rings. The first-order valence-electron chi connectivity index (χ1n) is 5.77. The Balaban J connectivity index is 1.89. The summed E-state index contributed by atoms with van der Waals surface area (Å²) in [6.07, 6.45) is 2.28. The molecule has 0 bridgehead atoms.